The van der Waals surface area contributed by atoms with Crippen LogP contribution in [0, 0.1) is 13.8 Å². The zero-order valence-electron chi connectivity index (χ0n) is 12.6. The molecule has 0 saturated carbocycles. The molecule has 0 unspecified atom stereocenters. The lowest BCUT2D eigenvalue weighted by Crippen LogP contribution is -2.18. The molecule has 2 rings (SSSR count). The van der Waals surface area contributed by atoms with Gasteiger partial charge in [0.2, 0.25) is 0 Å². The van der Waals surface area contributed by atoms with Crippen molar-refractivity contribution in [3.05, 3.63) is 45.4 Å². The van der Waals surface area contributed by atoms with Crippen molar-refractivity contribution in [1.29, 1.82) is 0 Å². The number of aromatic nitrogens is 1. The highest BCUT2D eigenvalue weighted by Gasteiger charge is 2.20. The number of nitrogens with one attached hydrogen (secondary N) is 1. The fourth-order valence-corrected chi connectivity index (χ4v) is 2.98. The Bertz CT molecular complexity index is 638. The second-order valence-electron chi connectivity index (χ2n) is 5.90. The summed E-state index contributed by atoms with van der Waals surface area (Å²) < 4.78 is 0. The van der Waals surface area contributed by atoms with Crippen molar-refractivity contribution in [2.24, 2.45) is 0 Å². The summed E-state index contributed by atoms with van der Waals surface area (Å²) in [6, 6.07) is 7.94. The summed E-state index contributed by atoms with van der Waals surface area (Å²) in [6.07, 6.45) is 0. The van der Waals surface area contributed by atoms with E-state index in [1.807, 2.05) is 32.0 Å². The third-order valence-electron chi connectivity index (χ3n) is 3.09. The average molecular weight is 288 g/mol. The first-order valence-electron chi connectivity index (χ1n) is 6.64. The Morgan fingerprint density at radius 3 is 2.40 bits per heavy atom. The van der Waals surface area contributed by atoms with Gasteiger partial charge in [-0.2, -0.15) is 0 Å². The van der Waals surface area contributed by atoms with Crippen LogP contribution >= 0.6 is 11.3 Å². The Balaban J connectivity index is 2.31. The third-order valence-corrected chi connectivity index (χ3v) is 4.16. The standard InChI is InChI=1S/C16H20N2OS/c1-10-14(20-11(2)17-10)15(19)18-13-9-7-6-8-12(13)16(3,4)5/h6-9H,1-5H3,(H,18,19). The van der Waals surface area contributed by atoms with E-state index in [4.69, 9.17) is 0 Å². The second-order valence-corrected chi connectivity index (χ2v) is 7.10. The van der Waals surface area contributed by atoms with Crippen LogP contribution in [0.2, 0.25) is 0 Å². The minimum atomic E-state index is -0.0789. The number of hydrogen-bond donors (Lipinski definition) is 1. The molecule has 3 nitrogen and oxygen atoms in total. The summed E-state index contributed by atoms with van der Waals surface area (Å²) in [4.78, 5) is 17.4. The highest BCUT2D eigenvalue weighted by molar-refractivity contribution is 7.13. The van der Waals surface area contributed by atoms with E-state index in [1.54, 1.807) is 0 Å². The third kappa shape index (κ3) is 3.07. The molecule has 0 aliphatic rings. The molecule has 1 aromatic carbocycles. The van der Waals surface area contributed by atoms with Crippen molar-refractivity contribution >= 4 is 22.9 Å². The summed E-state index contributed by atoms with van der Waals surface area (Å²) in [5, 5.41) is 3.93. The number of anilines is 1. The van der Waals surface area contributed by atoms with Crippen molar-refractivity contribution in [1.82, 2.24) is 4.98 Å². The lowest BCUT2D eigenvalue weighted by Gasteiger charge is -2.22. The molecule has 0 radical (unpaired) electrons. The number of carbonyl (C=O) groups excluding carboxylic acids is 1. The number of nitrogens with zero attached hydrogens (tertiary/aromatic N) is 1. The number of amides is 1. The number of para-hydroxylation sites is 1. The van der Waals surface area contributed by atoms with Gasteiger partial charge in [0.05, 0.1) is 10.7 Å². The van der Waals surface area contributed by atoms with E-state index in [2.05, 4.69) is 37.1 Å². The Labute approximate surface area is 124 Å². The van der Waals surface area contributed by atoms with E-state index in [9.17, 15) is 4.79 Å². The van der Waals surface area contributed by atoms with Crippen LogP contribution in [0.3, 0.4) is 0 Å². The maximum Gasteiger partial charge on any atom is 0.267 e. The van der Waals surface area contributed by atoms with Crippen LogP contribution in [0.1, 0.15) is 46.7 Å². The molecular weight excluding hydrogens is 268 g/mol. The Kier molecular flexibility index (Phi) is 3.95. The van der Waals surface area contributed by atoms with Gasteiger partial charge >= 0.3 is 0 Å². The Hall–Kier alpha value is -1.68. The van der Waals surface area contributed by atoms with Gasteiger partial charge < -0.3 is 5.32 Å². The number of benzene rings is 1. The van der Waals surface area contributed by atoms with Crippen molar-refractivity contribution < 1.29 is 4.79 Å². The summed E-state index contributed by atoms with van der Waals surface area (Å²) in [7, 11) is 0. The number of rotatable bonds is 2. The largest absolute Gasteiger partial charge is 0.321 e. The van der Waals surface area contributed by atoms with Crippen LogP contribution < -0.4 is 5.32 Å². The molecular formula is C16H20N2OS. The van der Waals surface area contributed by atoms with Crippen molar-refractivity contribution in [2.45, 2.75) is 40.0 Å². The SMILES string of the molecule is Cc1nc(C)c(C(=O)Nc2ccccc2C(C)(C)C)s1. The van der Waals surface area contributed by atoms with Gasteiger partial charge in [0.15, 0.2) is 0 Å². The molecule has 0 saturated heterocycles. The van der Waals surface area contributed by atoms with Gasteiger partial charge in [0, 0.05) is 5.69 Å². The Morgan fingerprint density at radius 1 is 1.20 bits per heavy atom. The van der Waals surface area contributed by atoms with E-state index in [0.29, 0.717) is 4.88 Å². The molecule has 0 spiro atoms. The van der Waals surface area contributed by atoms with Crippen LogP contribution in [0.5, 0.6) is 0 Å². The predicted molar refractivity (Wildman–Crippen MR) is 84.7 cm³/mol. The predicted octanol–water partition coefficient (Wildman–Crippen LogP) is 4.31. The van der Waals surface area contributed by atoms with Crippen LogP contribution in [-0.2, 0) is 5.41 Å². The topological polar surface area (TPSA) is 42.0 Å². The summed E-state index contributed by atoms with van der Waals surface area (Å²) >= 11 is 1.43. The van der Waals surface area contributed by atoms with Crippen molar-refractivity contribution in [3.63, 3.8) is 0 Å². The zero-order chi connectivity index (χ0) is 14.9. The molecule has 4 heteroatoms. The monoisotopic (exact) mass is 288 g/mol. The maximum absolute atomic E-state index is 12.4. The van der Waals surface area contributed by atoms with Gasteiger partial charge in [0.25, 0.3) is 5.91 Å². The number of carbonyl (C=O) groups is 1. The minimum Gasteiger partial charge on any atom is -0.321 e. The molecule has 1 amide bonds. The maximum atomic E-state index is 12.4. The van der Waals surface area contributed by atoms with Gasteiger partial charge in [-0.25, -0.2) is 4.98 Å². The van der Waals surface area contributed by atoms with Gasteiger partial charge in [-0.3, -0.25) is 4.79 Å². The van der Waals surface area contributed by atoms with Crippen LogP contribution in [-0.4, -0.2) is 10.9 Å². The smallest absolute Gasteiger partial charge is 0.267 e. The van der Waals surface area contributed by atoms with E-state index in [0.717, 1.165) is 22.0 Å². The first kappa shape index (κ1) is 14.7. The molecule has 0 aliphatic heterocycles. The molecule has 0 bridgehead atoms. The van der Waals surface area contributed by atoms with Crippen LogP contribution in [0.25, 0.3) is 0 Å². The van der Waals surface area contributed by atoms with Gasteiger partial charge in [-0.05, 0) is 30.9 Å². The normalized spacial score (nSPS) is 11.4. The molecule has 0 fully saturated rings. The van der Waals surface area contributed by atoms with E-state index < -0.39 is 0 Å². The summed E-state index contributed by atoms with van der Waals surface area (Å²) in [5.41, 5.74) is 2.78. The van der Waals surface area contributed by atoms with Gasteiger partial charge in [-0.1, -0.05) is 39.0 Å². The fourth-order valence-electron chi connectivity index (χ4n) is 2.17. The fraction of sp³-hybridized carbons (Fsp3) is 0.375. The number of thiazole rings is 1. The van der Waals surface area contributed by atoms with E-state index >= 15 is 0 Å². The molecule has 0 atom stereocenters. The van der Waals surface area contributed by atoms with E-state index in [1.165, 1.54) is 11.3 Å². The number of hydrogen-bond acceptors (Lipinski definition) is 3. The van der Waals surface area contributed by atoms with E-state index in [-0.39, 0.29) is 11.3 Å². The number of aryl methyl sites for hydroxylation is 2. The minimum absolute atomic E-state index is 0.0114. The van der Waals surface area contributed by atoms with Gasteiger partial charge in [0.1, 0.15) is 4.88 Å². The molecule has 1 heterocycles. The molecule has 2 aromatic rings. The first-order valence-corrected chi connectivity index (χ1v) is 7.45. The average Bonchev–Trinajstić information content (AvgIpc) is 2.68. The summed E-state index contributed by atoms with van der Waals surface area (Å²) in [5.74, 6) is -0.0789. The first-order chi connectivity index (χ1) is 9.29. The lowest BCUT2D eigenvalue weighted by atomic mass is 9.86. The quantitative estimate of drug-likeness (QED) is 0.894. The highest BCUT2D eigenvalue weighted by atomic mass is 32.1. The van der Waals surface area contributed by atoms with Crippen LogP contribution in [0.15, 0.2) is 24.3 Å². The van der Waals surface area contributed by atoms with Crippen molar-refractivity contribution in [2.75, 3.05) is 5.32 Å². The highest BCUT2D eigenvalue weighted by Crippen LogP contribution is 2.30. The summed E-state index contributed by atoms with van der Waals surface area (Å²) in [6.45, 7) is 10.2. The molecule has 106 valence electrons. The van der Waals surface area contributed by atoms with Crippen molar-refractivity contribution in [3.8, 4) is 0 Å². The lowest BCUT2D eigenvalue weighted by molar-refractivity contribution is 0.102. The molecule has 1 N–H and O–H groups in total. The second kappa shape index (κ2) is 5.37. The molecule has 20 heavy (non-hydrogen) atoms. The van der Waals surface area contributed by atoms with Gasteiger partial charge in [-0.15, -0.1) is 11.3 Å². The zero-order valence-corrected chi connectivity index (χ0v) is 13.4. The Morgan fingerprint density at radius 2 is 1.85 bits per heavy atom. The molecule has 0 aliphatic carbocycles. The van der Waals surface area contributed by atoms with Crippen LogP contribution in [0.4, 0.5) is 5.69 Å². The molecule has 1 aromatic heterocycles.